The second kappa shape index (κ2) is 7.41. The molecule has 0 bridgehead atoms. The van der Waals surface area contributed by atoms with Gasteiger partial charge in [0.15, 0.2) is 0 Å². The molecule has 20 heavy (non-hydrogen) atoms. The number of nitrogens with one attached hydrogen (secondary N) is 1. The molecule has 1 aromatic carbocycles. The van der Waals surface area contributed by atoms with Crippen molar-refractivity contribution in [1.29, 1.82) is 0 Å². The Morgan fingerprint density at radius 1 is 1.35 bits per heavy atom. The number of rotatable bonds is 7. The third kappa shape index (κ3) is 4.45. The number of aryl methyl sites for hydroxylation is 1. The van der Waals surface area contributed by atoms with E-state index in [0.29, 0.717) is 12.1 Å². The van der Waals surface area contributed by atoms with Gasteiger partial charge in [-0.2, -0.15) is 0 Å². The molecule has 0 aliphatic rings. The molecule has 0 saturated carbocycles. The lowest BCUT2D eigenvalue weighted by atomic mass is 10.1. The van der Waals surface area contributed by atoms with Gasteiger partial charge in [-0.25, -0.2) is 13.1 Å². The van der Waals surface area contributed by atoms with Crippen LogP contribution < -0.4 is 4.72 Å². The minimum absolute atomic E-state index is 0.177. The van der Waals surface area contributed by atoms with Crippen molar-refractivity contribution < 1.29 is 8.42 Å². The summed E-state index contributed by atoms with van der Waals surface area (Å²) in [5.74, 6) is 0. The summed E-state index contributed by atoms with van der Waals surface area (Å²) in [7, 11) is 0.330. The topological polar surface area (TPSA) is 49.4 Å². The predicted octanol–water partition coefficient (Wildman–Crippen LogP) is 2.66. The fourth-order valence-corrected chi connectivity index (χ4v) is 4.01. The van der Waals surface area contributed by atoms with Crippen LogP contribution in [0.1, 0.15) is 25.3 Å². The van der Waals surface area contributed by atoms with E-state index in [-0.39, 0.29) is 16.0 Å². The number of hydrogen-bond donors (Lipinski definition) is 1. The van der Waals surface area contributed by atoms with Crippen LogP contribution in [0, 0.1) is 6.92 Å². The second-order valence-electron chi connectivity index (χ2n) is 5.14. The first-order valence-corrected chi connectivity index (χ1v) is 8.57. The van der Waals surface area contributed by atoms with Gasteiger partial charge in [-0.05, 0) is 39.1 Å². The number of hydrogen-bond acceptors (Lipinski definition) is 3. The largest absolute Gasteiger partial charge is 0.305 e. The number of likely N-dealkylation sites (N-methyl/N-ethyl adjacent to an activating group) is 1. The number of nitrogens with zero attached hydrogens (tertiary/aromatic N) is 1. The van der Waals surface area contributed by atoms with Crippen LogP contribution in [0.25, 0.3) is 0 Å². The van der Waals surface area contributed by atoms with Gasteiger partial charge in [0.2, 0.25) is 10.0 Å². The van der Waals surface area contributed by atoms with Crippen LogP contribution >= 0.6 is 11.6 Å². The Morgan fingerprint density at radius 2 is 2.00 bits per heavy atom. The van der Waals surface area contributed by atoms with Crippen molar-refractivity contribution in [1.82, 2.24) is 9.62 Å². The Balaban J connectivity index is 2.90. The van der Waals surface area contributed by atoms with Gasteiger partial charge in [0.25, 0.3) is 0 Å². The van der Waals surface area contributed by atoms with E-state index in [1.165, 1.54) is 0 Å². The van der Waals surface area contributed by atoms with Crippen molar-refractivity contribution >= 4 is 21.6 Å². The Bertz CT molecular complexity index is 524. The van der Waals surface area contributed by atoms with Gasteiger partial charge in [0.1, 0.15) is 4.90 Å². The first-order chi connectivity index (χ1) is 9.29. The van der Waals surface area contributed by atoms with Crippen LogP contribution in [0.4, 0.5) is 0 Å². The summed E-state index contributed by atoms with van der Waals surface area (Å²) in [5.41, 5.74) is 0.655. The molecule has 1 N–H and O–H groups in total. The van der Waals surface area contributed by atoms with E-state index in [2.05, 4.69) is 11.6 Å². The molecule has 4 nitrogen and oxygen atoms in total. The van der Waals surface area contributed by atoms with Crippen molar-refractivity contribution in [3.63, 3.8) is 0 Å². The molecule has 0 fully saturated rings. The molecule has 1 atom stereocenters. The van der Waals surface area contributed by atoms with Gasteiger partial charge in [-0.1, -0.05) is 37.1 Å². The minimum atomic E-state index is -3.58. The monoisotopic (exact) mass is 318 g/mol. The molecule has 6 heteroatoms. The fourth-order valence-electron chi connectivity index (χ4n) is 2.11. The summed E-state index contributed by atoms with van der Waals surface area (Å²) in [4.78, 5) is 2.21. The van der Waals surface area contributed by atoms with Crippen LogP contribution in [-0.2, 0) is 10.0 Å². The lowest BCUT2D eigenvalue weighted by Crippen LogP contribution is -2.40. The molecule has 0 heterocycles. The molecule has 0 amide bonds. The molecular formula is C14H23ClN2O2S. The zero-order chi connectivity index (χ0) is 15.3. The standard InChI is InChI=1S/C14H23ClN2O2S/c1-5-7-12(17(3)4)10-16-20(18,19)14-11(2)8-6-9-13(14)15/h6,8-9,12,16H,5,7,10H2,1-4H3. The molecule has 1 aromatic rings. The number of sulfonamides is 1. The SMILES string of the molecule is CCCC(CNS(=O)(=O)c1c(C)cccc1Cl)N(C)C. The highest BCUT2D eigenvalue weighted by Crippen LogP contribution is 2.24. The van der Waals surface area contributed by atoms with E-state index in [1.807, 2.05) is 19.0 Å². The Labute approximate surface area is 127 Å². The lowest BCUT2D eigenvalue weighted by Gasteiger charge is -2.24. The molecule has 0 saturated heterocycles. The normalized spacial score (nSPS) is 13.7. The number of benzene rings is 1. The summed E-state index contributed by atoms with van der Waals surface area (Å²) in [6.45, 7) is 4.22. The van der Waals surface area contributed by atoms with Crippen molar-refractivity contribution in [3.8, 4) is 0 Å². The van der Waals surface area contributed by atoms with E-state index in [9.17, 15) is 8.42 Å². The molecule has 0 spiro atoms. The minimum Gasteiger partial charge on any atom is -0.305 e. The predicted molar refractivity (Wildman–Crippen MR) is 83.8 cm³/mol. The molecule has 0 aromatic heterocycles. The van der Waals surface area contributed by atoms with Gasteiger partial charge < -0.3 is 4.90 Å². The Kier molecular flexibility index (Phi) is 6.45. The molecule has 0 aliphatic carbocycles. The first kappa shape index (κ1) is 17.4. The van der Waals surface area contributed by atoms with Crippen LogP contribution in [-0.4, -0.2) is 40.0 Å². The second-order valence-corrected chi connectivity index (χ2v) is 7.25. The van der Waals surface area contributed by atoms with Gasteiger partial charge in [0, 0.05) is 12.6 Å². The maximum absolute atomic E-state index is 12.4. The zero-order valence-electron chi connectivity index (χ0n) is 12.5. The summed E-state index contributed by atoms with van der Waals surface area (Å²) in [5, 5.41) is 0.259. The van der Waals surface area contributed by atoms with Crippen LogP contribution in [0.15, 0.2) is 23.1 Å². The van der Waals surface area contributed by atoms with Crippen molar-refractivity contribution in [2.45, 2.75) is 37.6 Å². The molecule has 1 rings (SSSR count). The smallest absolute Gasteiger partial charge is 0.242 e. The van der Waals surface area contributed by atoms with E-state index >= 15 is 0 Å². The summed E-state index contributed by atoms with van der Waals surface area (Å²) < 4.78 is 27.5. The average molecular weight is 319 g/mol. The van der Waals surface area contributed by atoms with Gasteiger partial charge in [0.05, 0.1) is 5.02 Å². The average Bonchev–Trinajstić information content (AvgIpc) is 2.33. The third-order valence-electron chi connectivity index (χ3n) is 3.29. The van der Waals surface area contributed by atoms with Crippen molar-refractivity contribution in [2.24, 2.45) is 0 Å². The first-order valence-electron chi connectivity index (χ1n) is 6.70. The fraction of sp³-hybridized carbons (Fsp3) is 0.571. The van der Waals surface area contributed by atoms with E-state index in [4.69, 9.17) is 11.6 Å². The van der Waals surface area contributed by atoms with Crippen LogP contribution in [0.5, 0.6) is 0 Å². The van der Waals surface area contributed by atoms with Gasteiger partial charge >= 0.3 is 0 Å². The van der Waals surface area contributed by atoms with Crippen molar-refractivity contribution in [3.05, 3.63) is 28.8 Å². The quantitative estimate of drug-likeness (QED) is 0.841. The van der Waals surface area contributed by atoms with Gasteiger partial charge in [-0.15, -0.1) is 0 Å². The summed E-state index contributed by atoms with van der Waals surface area (Å²) in [6.07, 6.45) is 1.95. The zero-order valence-corrected chi connectivity index (χ0v) is 14.1. The van der Waals surface area contributed by atoms with Crippen LogP contribution in [0.2, 0.25) is 5.02 Å². The van der Waals surface area contributed by atoms with E-state index < -0.39 is 10.0 Å². The van der Waals surface area contributed by atoms with E-state index in [1.54, 1.807) is 25.1 Å². The molecule has 0 aliphatic heterocycles. The Hall–Kier alpha value is -0.620. The molecule has 0 radical (unpaired) electrons. The summed E-state index contributed by atoms with van der Waals surface area (Å²) in [6, 6.07) is 5.27. The number of halogens is 1. The van der Waals surface area contributed by atoms with Crippen LogP contribution in [0.3, 0.4) is 0 Å². The Morgan fingerprint density at radius 3 is 2.50 bits per heavy atom. The maximum atomic E-state index is 12.4. The lowest BCUT2D eigenvalue weighted by molar-refractivity contribution is 0.277. The highest BCUT2D eigenvalue weighted by molar-refractivity contribution is 7.89. The van der Waals surface area contributed by atoms with Crippen molar-refractivity contribution in [2.75, 3.05) is 20.6 Å². The molecular weight excluding hydrogens is 296 g/mol. The molecule has 1 unspecified atom stereocenters. The summed E-state index contributed by atoms with van der Waals surface area (Å²) >= 11 is 6.02. The van der Waals surface area contributed by atoms with E-state index in [0.717, 1.165) is 12.8 Å². The molecule has 114 valence electrons. The van der Waals surface area contributed by atoms with Gasteiger partial charge in [-0.3, -0.25) is 0 Å². The highest BCUT2D eigenvalue weighted by Gasteiger charge is 2.22. The maximum Gasteiger partial charge on any atom is 0.242 e. The highest BCUT2D eigenvalue weighted by atomic mass is 35.5. The third-order valence-corrected chi connectivity index (χ3v) is 5.35.